The summed E-state index contributed by atoms with van der Waals surface area (Å²) in [7, 11) is 0. The van der Waals surface area contributed by atoms with Crippen LogP contribution in [0.2, 0.25) is 0 Å². The molecule has 2 aromatic heterocycles. The van der Waals surface area contributed by atoms with Crippen molar-refractivity contribution in [2.45, 2.75) is 32.7 Å². The summed E-state index contributed by atoms with van der Waals surface area (Å²) in [6, 6.07) is 7.96. The molecule has 1 unspecified atom stereocenters. The number of rotatable bonds is 6. The molecule has 0 spiro atoms. The Bertz CT molecular complexity index is 581. The van der Waals surface area contributed by atoms with Gasteiger partial charge in [-0.1, -0.05) is 12.2 Å². The zero-order valence-corrected chi connectivity index (χ0v) is 12.5. The maximum atomic E-state index is 5.73. The lowest BCUT2D eigenvalue weighted by Gasteiger charge is -2.17. The highest BCUT2D eigenvalue weighted by molar-refractivity contribution is 7.80. The normalized spacial score (nSPS) is 12.1. The highest BCUT2D eigenvalue weighted by atomic mass is 32.1. The van der Waals surface area contributed by atoms with Crippen molar-refractivity contribution in [3.05, 3.63) is 47.5 Å². The molecule has 0 bridgehead atoms. The minimum absolute atomic E-state index is 0.252. The van der Waals surface area contributed by atoms with E-state index in [0.29, 0.717) is 4.99 Å². The first-order valence-corrected chi connectivity index (χ1v) is 7.03. The topological polar surface area (TPSA) is 64.1 Å². The Morgan fingerprint density at radius 1 is 1.45 bits per heavy atom. The van der Waals surface area contributed by atoms with E-state index in [1.807, 2.05) is 31.2 Å². The van der Waals surface area contributed by atoms with Crippen LogP contribution in [0.5, 0.6) is 0 Å². The summed E-state index contributed by atoms with van der Waals surface area (Å²) in [5, 5.41) is 3.37. The molecule has 5 heteroatoms. The zero-order chi connectivity index (χ0) is 14.5. The lowest BCUT2D eigenvalue weighted by molar-refractivity contribution is 0.495. The number of aryl methyl sites for hydroxylation is 2. The van der Waals surface area contributed by atoms with Gasteiger partial charge in [0.05, 0.1) is 11.8 Å². The average molecular weight is 289 g/mol. The molecule has 0 radical (unpaired) electrons. The van der Waals surface area contributed by atoms with E-state index in [-0.39, 0.29) is 6.04 Å². The van der Waals surface area contributed by atoms with Crippen molar-refractivity contribution in [3.63, 3.8) is 0 Å². The zero-order valence-electron chi connectivity index (χ0n) is 11.7. The first-order chi connectivity index (χ1) is 9.56. The molecule has 20 heavy (non-hydrogen) atoms. The van der Waals surface area contributed by atoms with Crippen LogP contribution in [0.25, 0.3) is 0 Å². The summed E-state index contributed by atoms with van der Waals surface area (Å²) in [6.45, 7) is 4.05. The lowest BCUT2D eigenvalue weighted by atomic mass is 10.1. The van der Waals surface area contributed by atoms with Gasteiger partial charge in [-0.05, 0) is 44.5 Å². The summed E-state index contributed by atoms with van der Waals surface area (Å²) in [5.74, 6) is 1.75. The number of hydrogen-bond donors (Lipinski definition) is 2. The molecule has 106 valence electrons. The summed E-state index contributed by atoms with van der Waals surface area (Å²) in [4.78, 5) is 4.84. The van der Waals surface area contributed by atoms with Crippen LogP contribution in [0, 0.1) is 6.92 Å². The minimum Gasteiger partial charge on any atom is -0.469 e. The van der Waals surface area contributed by atoms with Crippen LogP contribution in [0.4, 0.5) is 5.82 Å². The quantitative estimate of drug-likeness (QED) is 0.800. The molecule has 0 aliphatic carbocycles. The average Bonchev–Trinajstić information content (AvgIpc) is 2.89. The molecular formula is C15H19N3OS. The molecule has 0 fully saturated rings. The Hall–Kier alpha value is -1.88. The molecular weight excluding hydrogens is 270 g/mol. The first-order valence-electron chi connectivity index (χ1n) is 6.62. The lowest BCUT2D eigenvalue weighted by Crippen LogP contribution is -2.21. The van der Waals surface area contributed by atoms with Gasteiger partial charge in [0.25, 0.3) is 0 Å². The van der Waals surface area contributed by atoms with E-state index in [9.17, 15) is 0 Å². The Morgan fingerprint density at radius 3 is 2.90 bits per heavy atom. The second-order valence-electron chi connectivity index (χ2n) is 4.88. The van der Waals surface area contributed by atoms with Crippen LogP contribution in [0.15, 0.2) is 34.9 Å². The van der Waals surface area contributed by atoms with E-state index in [0.717, 1.165) is 35.7 Å². The third-order valence-electron chi connectivity index (χ3n) is 3.09. The third-order valence-corrected chi connectivity index (χ3v) is 3.31. The number of nitrogens with zero attached hydrogens (tertiary/aromatic N) is 1. The van der Waals surface area contributed by atoms with Crippen LogP contribution in [-0.2, 0) is 6.42 Å². The summed E-state index contributed by atoms with van der Waals surface area (Å²) in [6.07, 6.45) is 3.52. The highest BCUT2D eigenvalue weighted by Gasteiger charge is 2.11. The van der Waals surface area contributed by atoms with Gasteiger partial charge in [-0.25, -0.2) is 4.98 Å². The van der Waals surface area contributed by atoms with E-state index in [1.54, 1.807) is 6.26 Å². The molecule has 0 aliphatic rings. The summed E-state index contributed by atoms with van der Waals surface area (Å²) >= 11 is 5.06. The van der Waals surface area contributed by atoms with Crippen molar-refractivity contribution >= 4 is 23.0 Å². The fourth-order valence-corrected chi connectivity index (χ4v) is 2.15. The van der Waals surface area contributed by atoms with Gasteiger partial charge in [-0.3, -0.25) is 0 Å². The SMILES string of the molecule is Cc1ccc(C(N)=S)c(NC(C)CCc2ccco2)n1. The van der Waals surface area contributed by atoms with Gasteiger partial charge in [0.15, 0.2) is 0 Å². The Kier molecular flexibility index (Phi) is 4.74. The number of nitrogens with one attached hydrogen (secondary N) is 1. The van der Waals surface area contributed by atoms with E-state index in [1.165, 1.54) is 0 Å². The van der Waals surface area contributed by atoms with Crippen LogP contribution >= 0.6 is 12.2 Å². The largest absolute Gasteiger partial charge is 0.469 e. The Labute approximate surface area is 124 Å². The number of aromatic nitrogens is 1. The second-order valence-corrected chi connectivity index (χ2v) is 5.32. The number of anilines is 1. The van der Waals surface area contributed by atoms with Crippen LogP contribution in [-0.4, -0.2) is 16.0 Å². The van der Waals surface area contributed by atoms with Gasteiger partial charge in [0.2, 0.25) is 0 Å². The van der Waals surface area contributed by atoms with Gasteiger partial charge in [0.1, 0.15) is 16.6 Å². The molecule has 2 rings (SSSR count). The Balaban J connectivity index is 2.01. The van der Waals surface area contributed by atoms with E-state index in [4.69, 9.17) is 22.4 Å². The standard InChI is InChI=1S/C15H19N3OS/c1-10(5-7-12-4-3-9-19-12)17-15-13(14(16)20)8-6-11(2)18-15/h3-4,6,8-10H,5,7H2,1-2H3,(H2,16,20)(H,17,18). The molecule has 0 amide bonds. The maximum Gasteiger partial charge on any atom is 0.136 e. The van der Waals surface area contributed by atoms with E-state index in [2.05, 4.69) is 17.2 Å². The molecule has 0 saturated heterocycles. The highest BCUT2D eigenvalue weighted by Crippen LogP contribution is 2.16. The van der Waals surface area contributed by atoms with Gasteiger partial charge < -0.3 is 15.5 Å². The maximum absolute atomic E-state index is 5.73. The summed E-state index contributed by atoms with van der Waals surface area (Å²) in [5.41, 5.74) is 7.45. The van der Waals surface area contributed by atoms with Gasteiger partial charge in [-0.2, -0.15) is 0 Å². The Morgan fingerprint density at radius 2 is 2.25 bits per heavy atom. The number of furan rings is 1. The van der Waals surface area contributed by atoms with Crippen molar-refractivity contribution in [2.75, 3.05) is 5.32 Å². The molecule has 2 aromatic rings. The van der Waals surface area contributed by atoms with Gasteiger partial charge >= 0.3 is 0 Å². The van der Waals surface area contributed by atoms with Crippen LogP contribution in [0.3, 0.4) is 0 Å². The van der Waals surface area contributed by atoms with Crippen molar-refractivity contribution in [2.24, 2.45) is 5.73 Å². The van der Waals surface area contributed by atoms with E-state index < -0.39 is 0 Å². The fraction of sp³-hybridized carbons (Fsp3) is 0.333. The number of thiocarbonyl (C=S) groups is 1. The molecule has 0 saturated carbocycles. The third kappa shape index (κ3) is 3.81. The monoisotopic (exact) mass is 289 g/mol. The number of pyridine rings is 1. The molecule has 0 aromatic carbocycles. The fourth-order valence-electron chi connectivity index (χ4n) is 1.98. The van der Waals surface area contributed by atoms with E-state index >= 15 is 0 Å². The van der Waals surface area contributed by atoms with Crippen molar-refractivity contribution in [1.29, 1.82) is 0 Å². The van der Waals surface area contributed by atoms with Crippen molar-refractivity contribution in [3.8, 4) is 0 Å². The van der Waals surface area contributed by atoms with Gasteiger partial charge in [-0.15, -0.1) is 0 Å². The minimum atomic E-state index is 0.252. The number of hydrogen-bond acceptors (Lipinski definition) is 4. The molecule has 1 atom stereocenters. The second kappa shape index (κ2) is 6.52. The molecule has 2 heterocycles. The molecule has 4 nitrogen and oxygen atoms in total. The predicted molar refractivity (Wildman–Crippen MR) is 85.0 cm³/mol. The molecule has 3 N–H and O–H groups in total. The molecule has 0 aliphatic heterocycles. The first kappa shape index (κ1) is 14.5. The predicted octanol–water partition coefficient (Wildman–Crippen LogP) is 3.05. The smallest absolute Gasteiger partial charge is 0.136 e. The number of nitrogens with two attached hydrogens (primary N) is 1. The van der Waals surface area contributed by atoms with Crippen molar-refractivity contribution < 1.29 is 4.42 Å². The van der Waals surface area contributed by atoms with Crippen LogP contribution in [0.1, 0.15) is 30.4 Å². The summed E-state index contributed by atoms with van der Waals surface area (Å²) < 4.78 is 5.33. The van der Waals surface area contributed by atoms with Crippen molar-refractivity contribution in [1.82, 2.24) is 4.98 Å². The van der Waals surface area contributed by atoms with Gasteiger partial charge in [0, 0.05) is 18.2 Å². The van der Waals surface area contributed by atoms with Crippen LogP contribution < -0.4 is 11.1 Å².